The van der Waals surface area contributed by atoms with E-state index >= 15 is 0 Å². The molecule has 0 radical (unpaired) electrons. The van der Waals surface area contributed by atoms with Crippen molar-refractivity contribution in [3.05, 3.63) is 36.3 Å². The lowest BCUT2D eigenvalue weighted by molar-refractivity contribution is 0.00918. The van der Waals surface area contributed by atoms with Crippen molar-refractivity contribution in [3.8, 4) is 0 Å². The summed E-state index contributed by atoms with van der Waals surface area (Å²) in [6.45, 7) is 4.91. The maximum absolute atomic E-state index is 9.90. The van der Waals surface area contributed by atoms with Crippen LogP contribution in [0.4, 0.5) is 0 Å². The minimum atomic E-state index is 0.0158. The quantitative estimate of drug-likeness (QED) is 0.529. The van der Waals surface area contributed by atoms with Crippen molar-refractivity contribution in [2.24, 2.45) is 23.2 Å². The Balaban J connectivity index is 2.17. The average molecular weight is 320 g/mol. The van der Waals surface area contributed by atoms with Gasteiger partial charge in [-0.15, -0.1) is 0 Å². The molecule has 0 spiro atoms. The van der Waals surface area contributed by atoms with E-state index in [-0.39, 0.29) is 30.5 Å². The van der Waals surface area contributed by atoms with Gasteiger partial charge >= 0.3 is 0 Å². The van der Waals surface area contributed by atoms with Gasteiger partial charge in [-0.1, -0.05) is 45.3 Å². The van der Waals surface area contributed by atoms with Gasteiger partial charge < -0.3 is 14.6 Å². The molecule has 1 aromatic heterocycles. The summed E-state index contributed by atoms with van der Waals surface area (Å²) in [5.41, 5.74) is 1.23. The largest absolute Gasteiger partial charge is 0.472 e. The summed E-state index contributed by atoms with van der Waals surface area (Å²) in [4.78, 5) is 0. The lowest BCUT2D eigenvalue weighted by atomic mass is 9.57. The summed E-state index contributed by atoms with van der Waals surface area (Å²) < 4.78 is 5.19. The van der Waals surface area contributed by atoms with Gasteiger partial charge in [-0.3, -0.25) is 0 Å². The second kappa shape index (κ2) is 8.70. The van der Waals surface area contributed by atoms with Crippen LogP contribution >= 0.6 is 0 Å². The predicted octanol–water partition coefficient (Wildman–Crippen LogP) is 4.20. The normalized spacial score (nSPS) is 30.7. The summed E-state index contributed by atoms with van der Waals surface area (Å²) in [6, 6.07) is 2.02. The van der Waals surface area contributed by atoms with Gasteiger partial charge in [0, 0.05) is 25.0 Å². The Morgan fingerprint density at radius 3 is 2.61 bits per heavy atom. The number of aliphatic hydroxyl groups excluding tert-OH is 2. The molecule has 1 heterocycles. The number of furan rings is 1. The van der Waals surface area contributed by atoms with Crippen LogP contribution in [0.15, 0.2) is 35.2 Å². The standard InChI is InChI=1S/C20H32O3/c1-3-4-5-6-19-17(13-21)7-8-18(14-22)20(19,2)11-9-16-10-12-23-15-16/h7-8,10,12,15,17-19,21-22H,3-6,9,11,13-14H2,1-2H3/t17-,18+,19-,20+/m1/s1. The van der Waals surface area contributed by atoms with Crippen molar-refractivity contribution < 1.29 is 14.6 Å². The molecule has 1 aliphatic carbocycles. The number of hydrogen-bond acceptors (Lipinski definition) is 3. The third kappa shape index (κ3) is 4.27. The maximum atomic E-state index is 9.90. The number of unbranched alkanes of at least 4 members (excludes halogenated alkanes) is 2. The first-order valence-corrected chi connectivity index (χ1v) is 9.06. The van der Waals surface area contributed by atoms with Crippen molar-refractivity contribution in [3.63, 3.8) is 0 Å². The molecule has 3 nitrogen and oxygen atoms in total. The Morgan fingerprint density at radius 1 is 1.17 bits per heavy atom. The second-order valence-electron chi connectivity index (χ2n) is 7.26. The average Bonchev–Trinajstić information content (AvgIpc) is 3.08. The number of aryl methyl sites for hydroxylation is 1. The van der Waals surface area contributed by atoms with Crippen LogP contribution in [-0.4, -0.2) is 23.4 Å². The molecular weight excluding hydrogens is 288 g/mol. The molecule has 0 aliphatic heterocycles. The molecule has 2 rings (SSSR count). The monoisotopic (exact) mass is 320 g/mol. The van der Waals surface area contributed by atoms with E-state index in [1.54, 1.807) is 6.26 Å². The molecule has 0 amide bonds. The Labute approximate surface area is 140 Å². The van der Waals surface area contributed by atoms with E-state index < -0.39 is 0 Å². The Morgan fingerprint density at radius 2 is 2.00 bits per heavy atom. The molecule has 0 saturated carbocycles. The Kier molecular flexibility index (Phi) is 6.91. The maximum Gasteiger partial charge on any atom is 0.0934 e. The molecule has 0 unspecified atom stereocenters. The lowest BCUT2D eigenvalue weighted by Gasteiger charge is -2.48. The second-order valence-corrected chi connectivity index (χ2v) is 7.26. The highest BCUT2D eigenvalue weighted by molar-refractivity contribution is 5.12. The highest BCUT2D eigenvalue weighted by Gasteiger charge is 2.44. The fourth-order valence-corrected chi connectivity index (χ4v) is 4.23. The van der Waals surface area contributed by atoms with E-state index in [2.05, 4.69) is 26.0 Å². The van der Waals surface area contributed by atoms with Gasteiger partial charge in [0.2, 0.25) is 0 Å². The molecular formula is C20H32O3. The van der Waals surface area contributed by atoms with Crippen LogP contribution in [0, 0.1) is 23.2 Å². The van der Waals surface area contributed by atoms with Crippen LogP contribution in [0.1, 0.15) is 51.5 Å². The molecule has 130 valence electrons. The molecule has 1 aliphatic rings. The zero-order chi connectivity index (χ0) is 16.7. The topological polar surface area (TPSA) is 53.6 Å². The van der Waals surface area contributed by atoms with E-state index in [9.17, 15) is 10.2 Å². The molecule has 3 heteroatoms. The Bertz CT molecular complexity index is 465. The predicted molar refractivity (Wildman–Crippen MR) is 93.1 cm³/mol. The summed E-state index contributed by atoms with van der Waals surface area (Å²) in [5, 5.41) is 19.7. The molecule has 0 bridgehead atoms. The van der Waals surface area contributed by atoms with Crippen molar-refractivity contribution in [1.29, 1.82) is 0 Å². The van der Waals surface area contributed by atoms with Crippen LogP contribution < -0.4 is 0 Å². The minimum Gasteiger partial charge on any atom is -0.472 e. The molecule has 4 atom stereocenters. The third-order valence-electron chi connectivity index (χ3n) is 5.86. The van der Waals surface area contributed by atoms with E-state index in [0.717, 1.165) is 19.3 Å². The highest BCUT2D eigenvalue weighted by Crippen LogP contribution is 2.49. The molecule has 23 heavy (non-hydrogen) atoms. The van der Waals surface area contributed by atoms with E-state index in [1.807, 2.05) is 12.3 Å². The fourth-order valence-electron chi connectivity index (χ4n) is 4.23. The molecule has 2 N–H and O–H groups in total. The number of aliphatic hydroxyl groups is 2. The van der Waals surface area contributed by atoms with Crippen LogP contribution in [0.3, 0.4) is 0 Å². The van der Waals surface area contributed by atoms with Gasteiger partial charge in [0.05, 0.1) is 12.5 Å². The van der Waals surface area contributed by atoms with Crippen molar-refractivity contribution in [2.45, 2.75) is 52.4 Å². The molecule has 0 saturated heterocycles. The van der Waals surface area contributed by atoms with Gasteiger partial charge in [0.1, 0.15) is 0 Å². The van der Waals surface area contributed by atoms with Crippen LogP contribution in [0.25, 0.3) is 0 Å². The zero-order valence-corrected chi connectivity index (χ0v) is 14.6. The third-order valence-corrected chi connectivity index (χ3v) is 5.86. The van der Waals surface area contributed by atoms with Gasteiger partial charge in [0.15, 0.2) is 0 Å². The summed E-state index contributed by atoms with van der Waals surface area (Å²) in [5.74, 6) is 0.806. The van der Waals surface area contributed by atoms with Crippen LogP contribution in [0.5, 0.6) is 0 Å². The van der Waals surface area contributed by atoms with Gasteiger partial charge in [0.25, 0.3) is 0 Å². The van der Waals surface area contributed by atoms with Gasteiger partial charge in [-0.05, 0) is 42.2 Å². The number of rotatable bonds is 9. The van der Waals surface area contributed by atoms with E-state index in [4.69, 9.17) is 4.42 Å². The molecule has 0 fully saturated rings. The highest BCUT2D eigenvalue weighted by atomic mass is 16.3. The zero-order valence-electron chi connectivity index (χ0n) is 14.6. The minimum absolute atomic E-state index is 0.0158. The molecule has 0 aromatic carbocycles. The smallest absolute Gasteiger partial charge is 0.0934 e. The first kappa shape index (κ1) is 18.3. The SMILES string of the molecule is CCCCC[C@@H]1[C@@H](CO)C=C[C@@H](CO)[C@]1(C)CCc1ccoc1. The van der Waals surface area contributed by atoms with E-state index in [0.29, 0.717) is 5.92 Å². The fraction of sp³-hybridized carbons (Fsp3) is 0.700. The van der Waals surface area contributed by atoms with Crippen molar-refractivity contribution >= 4 is 0 Å². The van der Waals surface area contributed by atoms with E-state index in [1.165, 1.54) is 24.8 Å². The van der Waals surface area contributed by atoms with Crippen molar-refractivity contribution in [1.82, 2.24) is 0 Å². The first-order valence-electron chi connectivity index (χ1n) is 9.06. The van der Waals surface area contributed by atoms with Crippen molar-refractivity contribution in [2.75, 3.05) is 13.2 Å². The van der Waals surface area contributed by atoms with Crippen LogP contribution in [0.2, 0.25) is 0 Å². The summed E-state index contributed by atoms with van der Waals surface area (Å²) in [7, 11) is 0. The Hall–Kier alpha value is -1.06. The molecule has 1 aromatic rings. The lowest BCUT2D eigenvalue weighted by Crippen LogP contribution is -2.44. The first-order chi connectivity index (χ1) is 11.2. The summed E-state index contributed by atoms with van der Waals surface area (Å²) >= 11 is 0. The van der Waals surface area contributed by atoms with Gasteiger partial charge in [-0.25, -0.2) is 0 Å². The van der Waals surface area contributed by atoms with Gasteiger partial charge in [-0.2, -0.15) is 0 Å². The van der Waals surface area contributed by atoms with Crippen LogP contribution in [-0.2, 0) is 6.42 Å². The summed E-state index contributed by atoms with van der Waals surface area (Å²) in [6.07, 6.45) is 14.5. The number of hydrogen-bond donors (Lipinski definition) is 2.